The van der Waals surface area contributed by atoms with Crippen LogP contribution in [0, 0.1) is 16.9 Å². The van der Waals surface area contributed by atoms with Crippen LogP contribution in [0.15, 0.2) is 79.1 Å². The molecule has 0 amide bonds. The Bertz CT molecular complexity index is 1850. The Labute approximate surface area is 299 Å². The highest BCUT2D eigenvalue weighted by Crippen LogP contribution is 2.36. The van der Waals surface area contributed by atoms with E-state index in [-0.39, 0.29) is 34.1 Å². The lowest BCUT2D eigenvalue weighted by Crippen LogP contribution is -2.52. The number of benzene rings is 3. The van der Waals surface area contributed by atoms with Gasteiger partial charge in [0.1, 0.15) is 28.1 Å². The third-order valence-corrected chi connectivity index (χ3v) is 9.82. The van der Waals surface area contributed by atoms with Gasteiger partial charge in [0.2, 0.25) is 0 Å². The molecule has 3 saturated heterocycles. The van der Waals surface area contributed by atoms with Crippen molar-refractivity contribution in [3.05, 3.63) is 122 Å². The van der Waals surface area contributed by atoms with Crippen molar-refractivity contribution in [2.45, 2.75) is 37.5 Å². The summed E-state index contributed by atoms with van der Waals surface area (Å²) in [4.78, 5) is 29.7. The molecule has 1 N–H and O–H groups in total. The first-order chi connectivity index (χ1) is 24.1. The van der Waals surface area contributed by atoms with Gasteiger partial charge in [0.25, 0.3) is 0 Å². The van der Waals surface area contributed by atoms with Crippen LogP contribution < -0.4 is 19.5 Å². The number of methoxy groups -OCH3 is 2. The molecule has 2 bridgehead atoms. The van der Waals surface area contributed by atoms with Gasteiger partial charge >= 0.3 is 11.9 Å². The number of nitrogens with one attached hydrogen (secondary N) is 1. The van der Waals surface area contributed by atoms with E-state index < -0.39 is 29.9 Å². The molecular weight excluding hydrogens is 688 g/mol. The third kappa shape index (κ3) is 8.07. The minimum absolute atomic E-state index is 0.0325. The molecule has 0 radical (unpaired) electrons. The fourth-order valence-corrected chi connectivity index (χ4v) is 7.12. The number of rotatable bonds is 12. The molecule has 3 aliphatic heterocycles. The molecule has 13 heteroatoms. The molecule has 3 aliphatic rings. The predicted octanol–water partition coefficient (Wildman–Crippen LogP) is 6.71. The van der Waals surface area contributed by atoms with Crippen LogP contribution in [-0.2, 0) is 20.7 Å². The van der Waals surface area contributed by atoms with Crippen molar-refractivity contribution in [2.75, 3.05) is 39.2 Å². The van der Waals surface area contributed by atoms with Crippen LogP contribution in [0.5, 0.6) is 11.5 Å². The summed E-state index contributed by atoms with van der Waals surface area (Å²) in [7, 11) is 3.00. The van der Waals surface area contributed by atoms with Crippen molar-refractivity contribution >= 4 is 40.8 Å². The molecule has 7 rings (SSSR count). The molecule has 3 atom stereocenters. The second-order valence-corrected chi connectivity index (χ2v) is 13.1. The van der Waals surface area contributed by atoms with E-state index in [4.69, 9.17) is 42.1 Å². The fraction of sp³-hybridized carbons (Fsp3) is 0.324. The summed E-state index contributed by atoms with van der Waals surface area (Å²) in [5.41, 5.74) is 1.93. The number of aromatic nitrogens is 1. The Kier molecular flexibility index (Phi) is 11.0. The van der Waals surface area contributed by atoms with Crippen molar-refractivity contribution in [1.82, 2.24) is 4.90 Å². The average molecular weight is 725 g/mol. The minimum Gasteiger partial charge on any atom is -0.619 e. The second kappa shape index (κ2) is 15.5. The van der Waals surface area contributed by atoms with E-state index in [1.54, 1.807) is 48.5 Å². The maximum Gasteiger partial charge on any atom is 0.338 e. The first-order valence-corrected chi connectivity index (χ1v) is 16.9. The quantitative estimate of drug-likeness (QED) is 0.0968. The lowest BCUT2D eigenvalue weighted by molar-refractivity contribution is -0.605. The molecule has 0 aliphatic carbocycles. The number of carbonyl (C=O) groups excluding carboxylic acids is 2. The zero-order chi connectivity index (χ0) is 35.4. The van der Waals surface area contributed by atoms with Crippen molar-refractivity contribution in [3.8, 4) is 11.5 Å². The zero-order valence-corrected chi connectivity index (χ0v) is 29.0. The largest absolute Gasteiger partial charge is 0.619 e. The minimum atomic E-state index is -1.04. The van der Waals surface area contributed by atoms with Gasteiger partial charge in [-0.25, -0.2) is 14.0 Å². The van der Waals surface area contributed by atoms with Crippen LogP contribution >= 0.6 is 23.2 Å². The van der Waals surface area contributed by atoms with Gasteiger partial charge in [-0.3, -0.25) is 4.90 Å². The molecule has 1 unspecified atom stereocenters. The van der Waals surface area contributed by atoms with Gasteiger partial charge in [-0.15, -0.1) is 0 Å². The second-order valence-electron chi connectivity index (χ2n) is 12.3. The molecule has 10 nitrogen and oxygen atoms in total. The molecule has 50 heavy (non-hydrogen) atoms. The number of ether oxygens (including phenoxy) is 4. The SMILES string of the molecule is COc1ccc(C(Cc2c(Cl)c[n+]([O-])cc2Cl)OC(=O)c2cccc(N[C@H](C(=O)O[C@H]3CN4CCC3CC4)c3cccc(F)c3)c2)cc1OC. The van der Waals surface area contributed by atoms with Crippen LogP contribution in [0.1, 0.15) is 52.0 Å². The molecule has 262 valence electrons. The number of carbonyl (C=O) groups is 2. The van der Waals surface area contributed by atoms with Crippen molar-refractivity contribution in [2.24, 2.45) is 5.92 Å². The Morgan fingerprint density at radius 3 is 2.34 bits per heavy atom. The fourth-order valence-electron chi connectivity index (χ4n) is 6.52. The van der Waals surface area contributed by atoms with Crippen LogP contribution in [0.4, 0.5) is 10.1 Å². The summed E-state index contributed by atoms with van der Waals surface area (Å²) in [5.74, 6) is -0.543. The Hall–Kier alpha value is -4.58. The number of piperidine rings is 3. The Balaban J connectivity index is 1.26. The van der Waals surface area contributed by atoms with E-state index >= 15 is 0 Å². The zero-order valence-electron chi connectivity index (χ0n) is 27.4. The van der Waals surface area contributed by atoms with Gasteiger partial charge in [-0.1, -0.05) is 47.5 Å². The molecular formula is C37H36Cl2FN3O7. The summed E-state index contributed by atoms with van der Waals surface area (Å²) in [6.07, 6.45) is 3.13. The van der Waals surface area contributed by atoms with Crippen LogP contribution in [0.2, 0.25) is 10.0 Å². The third-order valence-electron chi connectivity index (χ3n) is 9.17. The number of fused-ring (bicyclic) bond motifs is 3. The van der Waals surface area contributed by atoms with E-state index in [9.17, 15) is 19.2 Å². The van der Waals surface area contributed by atoms with Gasteiger partial charge < -0.3 is 29.5 Å². The average Bonchev–Trinajstić information content (AvgIpc) is 3.11. The predicted molar refractivity (Wildman–Crippen MR) is 185 cm³/mol. The van der Waals surface area contributed by atoms with E-state index in [2.05, 4.69) is 10.2 Å². The highest BCUT2D eigenvalue weighted by atomic mass is 35.5. The molecule has 4 heterocycles. The molecule has 3 aromatic carbocycles. The maximum atomic E-state index is 14.4. The Morgan fingerprint density at radius 1 is 0.960 bits per heavy atom. The van der Waals surface area contributed by atoms with Gasteiger partial charge in [-0.2, -0.15) is 4.73 Å². The highest BCUT2D eigenvalue weighted by Gasteiger charge is 2.38. The monoisotopic (exact) mass is 723 g/mol. The Morgan fingerprint density at radius 2 is 1.68 bits per heavy atom. The number of hydrogen-bond donors (Lipinski definition) is 1. The van der Waals surface area contributed by atoms with Crippen molar-refractivity contribution in [3.63, 3.8) is 0 Å². The first-order valence-electron chi connectivity index (χ1n) is 16.2. The van der Waals surface area contributed by atoms with Gasteiger partial charge in [0.05, 0.1) is 19.8 Å². The van der Waals surface area contributed by atoms with E-state index in [0.29, 0.717) is 45.2 Å². The maximum absolute atomic E-state index is 14.4. The van der Waals surface area contributed by atoms with E-state index in [1.807, 2.05) is 0 Å². The normalized spacial score (nSPS) is 19.3. The van der Waals surface area contributed by atoms with Crippen molar-refractivity contribution in [1.29, 1.82) is 0 Å². The van der Waals surface area contributed by atoms with Gasteiger partial charge in [-0.05, 0) is 85.4 Å². The summed E-state index contributed by atoms with van der Waals surface area (Å²) >= 11 is 12.8. The molecule has 0 spiro atoms. The number of halogens is 3. The van der Waals surface area contributed by atoms with Crippen molar-refractivity contribution < 1.29 is 37.7 Å². The molecule has 4 aromatic rings. The van der Waals surface area contributed by atoms with E-state index in [1.165, 1.54) is 44.8 Å². The first kappa shape index (κ1) is 35.3. The molecule has 3 fully saturated rings. The lowest BCUT2D eigenvalue weighted by atomic mass is 9.86. The molecule has 0 saturated carbocycles. The van der Waals surface area contributed by atoms with Gasteiger partial charge in [0.15, 0.2) is 29.9 Å². The van der Waals surface area contributed by atoms with Crippen LogP contribution in [0.25, 0.3) is 0 Å². The number of anilines is 1. The highest BCUT2D eigenvalue weighted by molar-refractivity contribution is 6.35. The molecule has 1 aromatic heterocycles. The summed E-state index contributed by atoms with van der Waals surface area (Å²) in [6, 6.07) is 16.3. The van der Waals surface area contributed by atoms with E-state index in [0.717, 1.165) is 25.9 Å². The summed E-state index contributed by atoms with van der Waals surface area (Å²) in [6.45, 7) is 2.66. The standard InChI is InChI=1S/C37H36Cl2FN3O7/c1-47-31-10-9-23(17-33(31)48-2)32(18-28-29(38)19-43(46)20-30(28)39)49-36(44)25-6-4-8-27(16-25)41-35(24-5-3-7-26(40)15-24)37(45)50-34-21-42-13-11-22(34)12-14-42/h3-10,15-17,19-20,22,32,34-35,41H,11-14,18,21H2,1-2H3/t32?,34-,35-/m0/s1. The summed E-state index contributed by atoms with van der Waals surface area (Å²) in [5, 5.41) is 15.3. The number of pyridine rings is 1. The number of nitrogens with zero attached hydrogens (tertiary/aromatic N) is 2. The topological polar surface area (TPSA) is 113 Å². The smallest absolute Gasteiger partial charge is 0.338 e. The van der Waals surface area contributed by atoms with Gasteiger partial charge in [0, 0.05) is 24.2 Å². The number of hydrogen-bond acceptors (Lipinski definition) is 9. The number of esters is 2. The summed E-state index contributed by atoms with van der Waals surface area (Å²) < 4.78 is 37.8. The lowest BCUT2D eigenvalue weighted by Gasteiger charge is -2.44. The van der Waals surface area contributed by atoms with Crippen LogP contribution in [-0.4, -0.2) is 56.8 Å². The van der Waals surface area contributed by atoms with Crippen LogP contribution in [0.3, 0.4) is 0 Å².